The predicted molar refractivity (Wildman–Crippen MR) is 111 cm³/mol. The highest BCUT2D eigenvalue weighted by Crippen LogP contribution is 2.24. The van der Waals surface area contributed by atoms with Gasteiger partial charge in [0.1, 0.15) is 6.04 Å². The van der Waals surface area contributed by atoms with Crippen LogP contribution < -0.4 is 5.32 Å². The number of nitrogens with zero attached hydrogens (tertiary/aromatic N) is 5. The highest BCUT2D eigenvalue weighted by molar-refractivity contribution is 5.94. The molecule has 0 bridgehead atoms. The number of amides is 1. The average Bonchev–Trinajstić information content (AvgIpc) is 3.42. The molecule has 4 rings (SSSR count). The summed E-state index contributed by atoms with van der Waals surface area (Å²) in [6.07, 6.45) is 5.09. The van der Waals surface area contributed by atoms with Crippen LogP contribution in [0, 0.1) is 12.8 Å². The molecule has 0 unspecified atom stereocenters. The van der Waals surface area contributed by atoms with Gasteiger partial charge in [-0.05, 0) is 55.3 Å². The summed E-state index contributed by atoms with van der Waals surface area (Å²) >= 11 is 0. The topological polar surface area (TPSA) is 98.7 Å². The molecule has 3 heterocycles. The first-order valence-electron chi connectivity index (χ1n) is 9.69. The van der Waals surface area contributed by atoms with Gasteiger partial charge in [-0.1, -0.05) is 19.0 Å². The first-order valence-corrected chi connectivity index (χ1v) is 9.69. The van der Waals surface area contributed by atoms with Crippen molar-refractivity contribution in [1.29, 1.82) is 0 Å². The highest BCUT2D eigenvalue weighted by Gasteiger charge is 2.25. The van der Waals surface area contributed by atoms with Crippen LogP contribution in [0.2, 0.25) is 0 Å². The molecule has 0 saturated carbocycles. The molecule has 0 fully saturated rings. The van der Waals surface area contributed by atoms with Gasteiger partial charge in [-0.2, -0.15) is 10.1 Å². The van der Waals surface area contributed by atoms with Gasteiger partial charge in [0.15, 0.2) is 0 Å². The molecule has 3 aromatic heterocycles. The fourth-order valence-corrected chi connectivity index (χ4v) is 3.11. The fraction of sp³-hybridized carbons (Fsp3) is 0.227. The second-order valence-electron chi connectivity index (χ2n) is 7.32. The maximum atomic E-state index is 12.8. The summed E-state index contributed by atoms with van der Waals surface area (Å²) in [7, 11) is 0. The molecule has 1 amide bonds. The van der Waals surface area contributed by atoms with E-state index in [0.29, 0.717) is 17.3 Å². The third-order valence-electron chi connectivity index (χ3n) is 4.79. The second-order valence-corrected chi connectivity index (χ2v) is 7.32. The largest absolute Gasteiger partial charge is 0.340 e. The normalized spacial score (nSPS) is 12.1. The average molecular weight is 402 g/mol. The lowest BCUT2D eigenvalue weighted by Crippen LogP contribution is -2.32. The lowest BCUT2D eigenvalue weighted by molar-refractivity contribution is 0.0914. The van der Waals surface area contributed by atoms with Gasteiger partial charge in [-0.25, -0.2) is 4.68 Å². The Kier molecular flexibility index (Phi) is 5.38. The quantitative estimate of drug-likeness (QED) is 0.527. The molecule has 8 heteroatoms. The standard InChI is InChI=1S/C22H22N6O2/c1-14(2)19(22-26-20(27-30-22)17-5-4-11-23-13-17)25-21(29)16-6-8-18(9-7-16)28-15(3)10-12-24-28/h4-14,19H,1-3H3,(H,25,29)/t19-/m0/s1. The van der Waals surface area contributed by atoms with Gasteiger partial charge in [0, 0.05) is 35.4 Å². The van der Waals surface area contributed by atoms with Gasteiger partial charge < -0.3 is 9.84 Å². The Labute approximate surface area is 174 Å². The van der Waals surface area contributed by atoms with Crippen LogP contribution in [0.15, 0.2) is 65.6 Å². The van der Waals surface area contributed by atoms with Crippen molar-refractivity contribution in [2.45, 2.75) is 26.8 Å². The number of nitrogens with one attached hydrogen (secondary N) is 1. The Hall–Kier alpha value is -3.81. The number of carbonyl (C=O) groups excluding carboxylic acids is 1. The van der Waals surface area contributed by atoms with E-state index in [0.717, 1.165) is 16.9 Å². The molecular weight excluding hydrogens is 380 g/mol. The van der Waals surface area contributed by atoms with Crippen LogP contribution in [0.5, 0.6) is 0 Å². The van der Waals surface area contributed by atoms with Crippen molar-refractivity contribution in [2.24, 2.45) is 5.92 Å². The van der Waals surface area contributed by atoms with Crippen LogP contribution in [-0.2, 0) is 0 Å². The Morgan fingerprint density at radius 3 is 2.53 bits per heavy atom. The van der Waals surface area contributed by atoms with Crippen LogP contribution >= 0.6 is 0 Å². The SMILES string of the molecule is Cc1ccnn1-c1ccc(C(=O)N[C@H](c2nc(-c3cccnc3)no2)C(C)C)cc1. The van der Waals surface area contributed by atoms with Crippen molar-refractivity contribution in [1.82, 2.24) is 30.2 Å². The third kappa shape index (κ3) is 3.98. The monoisotopic (exact) mass is 402 g/mol. The number of aromatic nitrogens is 5. The first-order chi connectivity index (χ1) is 14.5. The first kappa shape index (κ1) is 19.5. The maximum Gasteiger partial charge on any atom is 0.251 e. The van der Waals surface area contributed by atoms with E-state index in [1.807, 2.05) is 55.8 Å². The molecule has 1 aromatic carbocycles. The molecular formula is C22H22N6O2. The number of pyridine rings is 1. The van der Waals surface area contributed by atoms with Crippen molar-refractivity contribution in [2.75, 3.05) is 0 Å². The Morgan fingerprint density at radius 2 is 1.90 bits per heavy atom. The molecule has 8 nitrogen and oxygen atoms in total. The van der Waals surface area contributed by atoms with Crippen LogP contribution in [0.25, 0.3) is 17.1 Å². The molecule has 0 aliphatic rings. The summed E-state index contributed by atoms with van der Waals surface area (Å²) < 4.78 is 7.26. The van der Waals surface area contributed by atoms with E-state index in [4.69, 9.17) is 4.52 Å². The van der Waals surface area contributed by atoms with Crippen LogP contribution in [0.1, 0.15) is 41.8 Å². The van der Waals surface area contributed by atoms with Crippen LogP contribution in [-0.4, -0.2) is 30.8 Å². The highest BCUT2D eigenvalue weighted by atomic mass is 16.5. The van der Waals surface area contributed by atoms with E-state index in [2.05, 4.69) is 25.5 Å². The molecule has 1 N–H and O–H groups in total. The zero-order chi connectivity index (χ0) is 21.1. The molecule has 0 aliphatic heterocycles. The summed E-state index contributed by atoms with van der Waals surface area (Å²) in [6.45, 7) is 5.95. The third-order valence-corrected chi connectivity index (χ3v) is 4.79. The van der Waals surface area contributed by atoms with Crippen molar-refractivity contribution in [3.63, 3.8) is 0 Å². The summed E-state index contributed by atoms with van der Waals surface area (Å²) in [4.78, 5) is 21.4. The summed E-state index contributed by atoms with van der Waals surface area (Å²) in [6, 6.07) is 12.5. The summed E-state index contributed by atoms with van der Waals surface area (Å²) in [5.74, 6) is 0.652. The molecule has 0 radical (unpaired) electrons. The van der Waals surface area contributed by atoms with E-state index < -0.39 is 6.04 Å². The summed E-state index contributed by atoms with van der Waals surface area (Å²) in [5, 5.41) is 11.3. The molecule has 4 aromatic rings. The van der Waals surface area contributed by atoms with Crippen molar-refractivity contribution in [3.05, 3.63) is 78.2 Å². The molecule has 152 valence electrons. The van der Waals surface area contributed by atoms with Gasteiger partial charge in [0.2, 0.25) is 11.7 Å². The van der Waals surface area contributed by atoms with Gasteiger partial charge in [0.05, 0.1) is 5.69 Å². The zero-order valence-electron chi connectivity index (χ0n) is 17.0. The lowest BCUT2D eigenvalue weighted by Gasteiger charge is -2.18. The Bertz CT molecular complexity index is 1130. The van der Waals surface area contributed by atoms with Gasteiger partial charge in [-0.15, -0.1) is 0 Å². The molecule has 30 heavy (non-hydrogen) atoms. The van der Waals surface area contributed by atoms with E-state index in [1.54, 1.807) is 30.7 Å². The molecule has 0 saturated heterocycles. The molecule has 1 atom stereocenters. The van der Waals surface area contributed by atoms with Crippen LogP contribution in [0.4, 0.5) is 0 Å². The minimum atomic E-state index is -0.413. The molecule has 0 spiro atoms. The number of aryl methyl sites for hydroxylation is 1. The maximum absolute atomic E-state index is 12.8. The molecule has 0 aliphatic carbocycles. The van der Waals surface area contributed by atoms with Crippen molar-refractivity contribution >= 4 is 5.91 Å². The number of rotatable bonds is 6. The van der Waals surface area contributed by atoms with E-state index in [1.165, 1.54) is 0 Å². The van der Waals surface area contributed by atoms with Crippen LogP contribution in [0.3, 0.4) is 0 Å². The minimum Gasteiger partial charge on any atom is -0.340 e. The van der Waals surface area contributed by atoms with Gasteiger partial charge >= 0.3 is 0 Å². The van der Waals surface area contributed by atoms with Gasteiger partial charge in [0.25, 0.3) is 5.91 Å². The van der Waals surface area contributed by atoms with E-state index in [9.17, 15) is 4.79 Å². The fourth-order valence-electron chi connectivity index (χ4n) is 3.11. The van der Waals surface area contributed by atoms with Gasteiger partial charge in [-0.3, -0.25) is 9.78 Å². The van der Waals surface area contributed by atoms with E-state index in [-0.39, 0.29) is 11.8 Å². The Balaban J connectivity index is 1.52. The predicted octanol–water partition coefficient (Wildman–Crippen LogP) is 3.75. The zero-order valence-corrected chi connectivity index (χ0v) is 17.0. The lowest BCUT2D eigenvalue weighted by atomic mass is 10.0. The van der Waals surface area contributed by atoms with E-state index >= 15 is 0 Å². The number of carbonyl (C=O) groups is 1. The number of hydrogen-bond donors (Lipinski definition) is 1. The van der Waals surface area contributed by atoms with Crippen molar-refractivity contribution in [3.8, 4) is 17.1 Å². The Morgan fingerprint density at radius 1 is 1.10 bits per heavy atom. The van der Waals surface area contributed by atoms with Crippen molar-refractivity contribution < 1.29 is 9.32 Å². The number of benzene rings is 1. The summed E-state index contributed by atoms with van der Waals surface area (Å²) in [5.41, 5.74) is 3.22. The second kappa shape index (κ2) is 8.28. The number of hydrogen-bond acceptors (Lipinski definition) is 6. The smallest absolute Gasteiger partial charge is 0.251 e. The minimum absolute atomic E-state index is 0.0575.